The molecule has 0 saturated carbocycles. The Kier molecular flexibility index (Phi) is 10.1. The van der Waals surface area contributed by atoms with Crippen LogP contribution in [0.25, 0.3) is 0 Å². The number of nitrogens with zero attached hydrogens (tertiary/aromatic N) is 2. The van der Waals surface area contributed by atoms with Gasteiger partial charge in [0.05, 0.1) is 5.41 Å². The van der Waals surface area contributed by atoms with Crippen molar-refractivity contribution in [3.05, 3.63) is 106 Å². The topological polar surface area (TPSA) is 60.9 Å². The van der Waals surface area contributed by atoms with Crippen LogP contribution in [-0.2, 0) is 36.1 Å². The Morgan fingerprint density at radius 3 is 2.23 bits per heavy atom. The average Bonchev–Trinajstić information content (AvgIpc) is 3.21. The third-order valence-electron chi connectivity index (χ3n) is 9.56. The number of aliphatic carboxylic acids is 1. The highest BCUT2D eigenvalue weighted by atomic mass is 19.1. The van der Waals surface area contributed by atoms with E-state index in [9.17, 15) is 19.1 Å². The maximum Gasteiger partial charge on any atom is 0.313 e. The summed E-state index contributed by atoms with van der Waals surface area (Å²) in [5.74, 6) is -0.0875. The molecule has 0 aromatic heterocycles. The second-order valence-electron chi connectivity index (χ2n) is 13.1. The normalized spacial score (nSPS) is 16.9. The quantitative estimate of drug-likeness (QED) is 0.245. The number of ketones is 1. The summed E-state index contributed by atoms with van der Waals surface area (Å²) in [6.45, 7) is 9.13. The van der Waals surface area contributed by atoms with Gasteiger partial charge in [0, 0.05) is 38.2 Å². The first kappa shape index (κ1) is 31.1. The number of Topliss-reactive ketones (excluding diaryl/α,β-unsaturated/α-hetero) is 1. The van der Waals surface area contributed by atoms with Crippen molar-refractivity contribution in [3.8, 4) is 0 Å². The molecule has 228 valence electrons. The van der Waals surface area contributed by atoms with Gasteiger partial charge in [-0.05, 0) is 117 Å². The molecule has 5 nitrogen and oxygen atoms in total. The monoisotopic (exact) mass is 584 g/mol. The van der Waals surface area contributed by atoms with Crippen molar-refractivity contribution in [3.63, 3.8) is 0 Å². The van der Waals surface area contributed by atoms with Gasteiger partial charge in [-0.3, -0.25) is 19.4 Å². The molecule has 3 aromatic rings. The summed E-state index contributed by atoms with van der Waals surface area (Å²) in [6.07, 6.45) is 6.81. The number of hydrogen-bond donors (Lipinski definition) is 1. The lowest BCUT2D eigenvalue weighted by molar-refractivity contribution is -0.142. The number of piperidine rings is 1. The summed E-state index contributed by atoms with van der Waals surface area (Å²) in [4.78, 5) is 29.7. The summed E-state index contributed by atoms with van der Waals surface area (Å²) in [7, 11) is 0. The Hall–Kier alpha value is -3.35. The van der Waals surface area contributed by atoms with Crippen LogP contribution in [0.4, 0.5) is 4.39 Å². The molecule has 3 aromatic carbocycles. The molecular weight excluding hydrogens is 539 g/mol. The van der Waals surface area contributed by atoms with Gasteiger partial charge in [0.25, 0.3) is 0 Å². The van der Waals surface area contributed by atoms with E-state index >= 15 is 0 Å². The van der Waals surface area contributed by atoms with E-state index in [0.717, 1.165) is 100 Å². The molecule has 0 radical (unpaired) electrons. The zero-order valence-electron chi connectivity index (χ0n) is 25.7. The zero-order chi connectivity index (χ0) is 30.4. The fraction of sp³-hybridized carbons (Fsp3) is 0.459. The van der Waals surface area contributed by atoms with E-state index in [4.69, 9.17) is 0 Å². The number of carboxylic acids is 1. The van der Waals surface area contributed by atoms with Crippen molar-refractivity contribution in [2.24, 2.45) is 5.92 Å². The molecule has 0 spiro atoms. The lowest BCUT2D eigenvalue weighted by Crippen LogP contribution is -2.33. The molecule has 2 heterocycles. The van der Waals surface area contributed by atoms with Crippen molar-refractivity contribution >= 4 is 11.8 Å². The molecule has 0 atom stereocenters. The van der Waals surface area contributed by atoms with E-state index in [1.54, 1.807) is 13.8 Å². The van der Waals surface area contributed by atoms with Gasteiger partial charge in [0.2, 0.25) is 0 Å². The van der Waals surface area contributed by atoms with E-state index in [2.05, 4.69) is 28.0 Å². The van der Waals surface area contributed by atoms with Crippen LogP contribution >= 0.6 is 0 Å². The highest BCUT2D eigenvalue weighted by Gasteiger charge is 2.29. The first-order chi connectivity index (χ1) is 20.7. The molecule has 2 aliphatic rings. The van der Waals surface area contributed by atoms with Crippen molar-refractivity contribution in [1.82, 2.24) is 9.80 Å². The SMILES string of the molecule is CC(C)(C(=O)O)c1cccc(CN2CCc3ccc(C(=O)CCCC4CCN(Cc5ccc(F)cc5)CC4)cc3CC2)c1. The molecule has 0 aliphatic carbocycles. The molecule has 43 heavy (non-hydrogen) atoms. The van der Waals surface area contributed by atoms with E-state index in [0.29, 0.717) is 12.3 Å². The van der Waals surface area contributed by atoms with Gasteiger partial charge < -0.3 is 5.11 Å². The molecule has 0 bridgehead atoms. The summed E-state index contributed by atoms with van der Waals surface area (Å²) in [5.41, 5.74) is 5.64. The van der Waals surface area contributed by atoms with E-state index in [1.807, 2.05) is 36.4 Å². The number of carbonyl (C=O) groups is 2. The number of carboxylic acid groups (broad SMARTS) is 1. The maximum atomic E-state index is 13.2. The highest BCUT2D eigenvalue weighted by molar-refractivity contribution is 5.96. The molecule has 0 unspecified atom stereocenters. The minimum atomic E-state index is -0.919. The molecular formula is C37H45FN2O3. The minimum absolute atomic E-state index is 0.187. The number of fused-ring (bicyclic) bond motifs is 1. The lowest BCUT2D eigenvalue weighted by atomic mass is 9.84. The van der Waals surface area contributed by atoms with Crippen LogP contribution in [0.1, 0.15) is 84.1 Å². The Morgan fingerprint density at radius 1 is 0.837 bits per heavy atom. The molecule has 1 fully saturated rings. The molecule has 5 rings (SSSR count). The summed E-state index contributed by atoms with van der Waals surface area (Å²) in [6, 6.07) is 21.1. The van der Waals surface area contributed by atoms with E-state index < -0.39 is 11.4 Å². The number of likely N-dealkylation sites (tertiary alicyclic amines) is 1. The molecule has 0 amide bonds. The molecule has 1 N–H and O–H groups in total. The maximum absolute atomic E-state index is 13.2. The standard InChI is InChI=1S/C37H45FN2O3/c1-37(2,36(42)43)33-7-3-6-29(23-33)26-40-21-17-30-11-12-32(24-31(30)18-22-40)35(41)8-4-5-27-15-19-39(20-16-27)25-28-9-13-34(38)14-10-28/h3,6-7,9-14,23-24,27H,4-5,8,15-22,25-26H2,1-2H3,(H,42,43). The Morgan fingerprint density at radius 2 is 1.51 bits per heavy atom. The number of rotatable bonds is 11. The van der Waals surface area contributed by atoms with Crippen LogP contribution in [-0.4, -0.2) is 52.8 Å². The highest BCUT2D eigenvalue weighted by Crippen LogP contribution is 2.27. The van der Waals surface area contributed by atoms with Crippen LogP contribution < -0.4 is 0 Å². The second-order valence-corrected chi connectivity index (χ2v) is 13.1. The predicted octanol–water partition coefficient (Wildman–Crippen LogP) is 7.05. The van der Waals surface area contributed by atoms with E-state index in [-0.39, 0.29) is 11.6 Å². The zero-order valence-corrected chi connectivity index (χ0v) is 25.7. The van der Waals surface area contributed by atoms with Gasteiger partial charge in [-0.25, -0.2) is 4.39 Å². The van der Waals surface area contributed by atoms with Gasteiger partial charge in [0.15, 0.2) is 5.78 Å². The third kappa shape index (κ3) is 8.18. The minimum Gasteiger partial charge on any atom is -0.481 e. The third-order valence-corrected chi connectivity index (χ3v) is 9.56. The van der Waals surface area contributed by atoms with Crippen molar-refractivity contribution in [1.29, 1.82) is 0 Å². The summed E-state index contributed by atoms with van der Waals surface area (Å²) in [5, 5.41) is 9.63. The van der Waals surface area contributed by atoms with Crippen molar-refractivity contribution < 1.29 is 19.1 Å². The average molecular weight is 585 g/mol. The molecule has 1 saturated heterocycles. The first-order valence-electron chi connectivity index (χ1n) is 15.8. The Bertz CT molecular complexity index is 1410. The van der Waals surface area contributed by atoms with Crippen LogP contribution in [0.2, 0.25) is 0 Å². The molecule has 2 aliphatic heterocycles. The molecule has 6 heteroatoms. The lowest BCUT2D eigenvalue weighted by Gasteiger charge is -2.32. The van der Waals surface area contributed by atoms with Gasteiger partial charge in [-0.2, -0.15) is 0 Å². The van der Waals surface area contributed by atoms with Crippen molar-refractivity contribution in [2.75, 3.05) is 26.2 Å². The predicted molar refractivity (Wildman–Crippen MR) is 169 cm³/mol. The number of carbonyl (C=O) groups excluding carboxylic acids is 1. The fourth-order valence-corrected chi connectivity index (χ4v) is 6.52. The second kappa shape index (κ2) is 14.0. The number of halogens is 1. The van der Waals surface area contributed by atoms with Crippen LogP contribution in [0.3, 0.4) is 0 Å². The van der Waals surface area contributed by atoms with Gasteiger partial charge in [-0.15, -0.1) is 0 Å². The summed E-state index contributed by atoms with van der Waals surface area (Å²) >= 11 is 0. The van der Waals surface area contributed by atoms with E-state index in [1.165, 1.54) is 23.3 Å². The Balaban J connectivity index is 1.07. The largest absolute Gasteiger partial charge is 0.481 e. The van der Waals surface area contributed by atoms with Crippen molar-refractivity contribution in [2.45, 2.75) is 77.3 Å². The number of benzene rings is 3. The first-order valence-corrected chi connectivity index (χ1v) is 15.8. The Labute approximate surface area is 255 Å². The number of hydrogen-bond acceptors (Lipinski definition) is 4. The smallest absolute Gasteiger partial charge is 0.313 e. The summed E-state index contributed by atoms with van der Waals surface area (Å²) < 4.78 is 13.2. The van der Waals surface area contributed by atoms with Crippen LogP contribution in [0.5, 0.6) is 0 Å². The van der Waals surface area contributed by atoms with Gasteiger partial charge in [0.1, 0.15) is 5.82 Å². The van der Waals surface area contributed by atoms with Crippen LogP contribution in [0.15, 0.2) is 66.7 Å². The fourth-order valence-electron chi connectivity index (χ4n) is 6.52. The van der Waals surface area contributed by atoms with Crippen LogP contribution in [0, 0.1) is 11.7 Å². The van der Waals surface area contributed by atoms with Gasteiger partial charge in [-0.1, -0.05) is 48.5 Å². The van der Waals surface area contributed by atoms with Gasteiger partial charge >= 0.3 is 5.97 Å².